The number of hydrogen-bond donors (Lipinski definition) is 2. The largest absolute Gasteiger partial charge is 0.384 e. The molecule has 2 N–H and O–H groups in total. The summed E-state index contributed by atoms with van der Waals surface area (Å²) in [5, 5.41) is 7.12. The van der Waals surface area contributed by atoms with Crippen molar-refractivity contribution < 1.29 is 9.53 Å². The number of halogens is 1. The fraction of sp³-hybridized carbons (Fsp3) is 0.562. The molecule has 4 nitrogen and oxygen atoms in total. The smallest absolute Gasteiger partial charge is 0.229 e. The standard InChI is InChI=1S/C16H23ClN2O2/c1-12(13-3-5-14(17)6-4-13)19-15(20)16(11-21-2)7-9-18-10-8-16/h3-6,12,18H,7-11H2,1-2H3,(H,19,20)/t12-/m0/s1. The van der Waals surface area contributed by atoms with Gasteiger partial charge in [0.1, 0.15) is 0 Å². The minimum absolute atomic E-state index is 0.0432. The van der Waals surface area contributed by atoms with Crippen LogP contribution in [0.25, 0.3) is 0 Å². The van der Waals surface area contributed by atoms with Gasteiger partial charge in [-0.3, -0.25) is 4.79 Å². The lowest BCUT2D eigenvalue weighted by Gasteiger charge is -2.36. The predicted octanol–water partition coefficient (Wildman–Crippen LogP) is 2.53. The second-order valence-electron chi connectivity index (χ2n) is 5.71. The number of rotatable bonds is 5. The van der Waals surface area contributed by atoms with Gasteiger partial charge in [0.05, 0.1) is 18.1 Å². The van der Waals surface area contributed by atoms with Gasteiger partial charge in [0.15, 0.2) is 0 Å². The van der Waals surface area contributed by atoms with Crippen molar-refractivity contribution in [1.82, 2.24) is 10.6 Å². The lowest BCUT2D eigenvalue weighted by Crippen LogP contribution is -2.50. The maximum Gasteiger partial charge on any atom is 0.229 e. The van der Waals surface area contributed by atoms with Gasteiger partial charge in [0, 0.05) is 12.1 Å². The van der Waals surface area contributed by atoms with Crippen molar-refractivity contribution in [2.75, 3.05) is 26.8 Å². The molecule has 1 fully saturated rings. The van der Waals surface area contributed by atoms with E-state index in [4.69, 9.17) is 16.3 Å². The summed E-state index contributed by atoms with van der Waals surface area (Å²) in [5.41, 5.74) is 0.634. The monoisotopic (exact) mass is 310 g/mol. The summed E-state index contributed by atoms with van der Waals surface area (Å²) in [4.78, 5) is 12.7. The van der Waals surface area contributed by atoms with Crippen LogP contribution in [0, 0.1) is 5.41 Å². The lowest BCUT2D eigenvalue weighted by molar-refractivity contribution is -0.136. The van der Waals surface area contributed by atoms with E-state index >= 15 is 0 Å². The Hall–Kier alpha value is -1.10. The molecule has 0 radical (unpaired) electrons. The molecule has 1 heterocycles. The molecule has 1 aromatic carbocycles. The zero-order valence-electron chi connectivity index (χ0n) is 12.6. The summed E-state index contributed by atoms with van der Waals surface area (Å²) in [6, 6.07) is 7.53. The Balaban J connectivity index is 2.05. The molecule has 5 heteroatoms. The molecule has 0 spiro atoms. The van der Waals surface area contributed by atoms with Crippen molar-refractivity contribution in [2.45, 2.75) is 25.8 Å². The van der Waals surface area contributed by atoms with Crippen LogP contribution in [0.5, 0.6) is 0 Å². The fourth-order valence-electron chi connectivity index (χ4n) is 2.80. The number of carbonyl (C=O) groups excluding carboxylic acids is 1. The Labute approximate surface area is 131 Å². The van der Waals surface area contributed by atoms with E-state index in [-0.39, 0.29) is 11.9 Å². The first kappa shape index (κ1) is 16.3. The summed E-state index contributed by atoms with van der Waals surface area (Å²) in [6.45, 7) is 4.16. The number of nitrogens with one attached hydrogen (secondary N) is 2. The molecule has 1 saturated heterocycles. The van der Waals surface area contributed by atoms with Gasteiger partial charge in [0.25, 0.3) is 0 Å². The first-order chi connectivity index (χ1) is 10.1. The highest BCUT2D eigenvalue weighted by Crippen LogP contribution is 2.30. The number of amides is 1. The van der Waals surface area contributed by atoms with Gasteiger partial charge in [-0.15, -0.1) is 0 Å². The van der Waals surface area contributed by atoms with Crippen LogP contribution in [-0.4, -0.2) is 32.7 Å². The molecular weight excluding hydrogens is 288 g/mol. The second-order valence-corrected chi connectivity index (χ2v) is 6.15. The van der Waals surface area contributed by atoms with Gasteiger partial charge in [-0.2, -0.15) is 0 Å². The van der Waals surface area contributed by atoms with E-state index in [1.54, 1.807) is 7.11 Å². The number of ether oxygens (including phenoxy) is 1. The lowest BCUT2D eigenvalue weighted by atomic mass is 9.78. The Morgan fingerprint density at radius 1 is 1.38 bits per heavy atom. The number of methoxy groups -OCH3 is 1. The van der Waals surface area contributed by atoms with Crippen LogP contribution in [-0.2, 0) is 9.53 Å². The van der Waals surface area contributed by atoms with E-state index < -0.39 is 5.41 Å². The Morgan fingerprint density at radius 2 is 2.00 bits per heavy atom. The minimum atomic E-state index is -0.416. The maximum atomic E-state index is 12.7. The van der Waals surface area contributed by atoms with Gasteiger partial charge >= 0.3 is 0 Å². The normalized spacial score (nSPS) is 19.0. The minimum Gasteiger partial charge on any atom is -0.384 e. The molecule has 0 unspecified atom stereocenters. The highest BCUT2D eigenvalue weighted by molar-refractivity contribution is 6.30. The molecule has 0 aliphatic carbocycles. The molecule has 1 aliphatic rings. The van der Waals surface area contributed by atoms with Gasteiger partial charge in [-0.1, -0.05) is 23.7 Å². The van der Waals surface area contributed by atoms with Crippen LogP contribution >= 0.6 is 11.6 Å². The predicted molar refractivity (Wildman–Crippen MR) is 84.4 cm³/mol. The quantitative estimate of drug-likeness (QED) is 0.878. The molecule has 0 saturated carbocycles. The first-order valence-electron chi connectivity index (χ1n) is 7.33. The Kier molecular flexibility index (Phi) is 5.62. The average Bonchev–Trinajstić information content (AvgIpc) is 2.49. The summed E-state index contributed by atoms with van der Waals surface area (Å²) in [5.74, 6) is 0.0771. The zero-order valence-corrected chi connectivity index (χ0v) is 13.4. The molecule has 0 aromatic heterocycles. The van der Waals surface area contributed by atoms with Crippen molar-refractivity contribution in [1.29, 1.82) is 0 Å². The van der Waals surface area contributed by atoms with Gasteiger partial charge in [-0.05, 0) is 50.6 Å². The molecule has 116 valence electrons. The molecule has 1 aromatic rings. The van der Waals surface area contributed by atoms with Crippen molar-refractivity contribution in [2.24, 2.45) is 5.41 Å². The fourth-order valence-corrected chi connectivity index (χ4v) is 2.93. The first-order valence-corrected chi connectivity index (χ1v) is 7.71. The van der Waals surface area contributed by atoms with Crippen LogP contribution in [0.3, 0.4) is 0 Å². The van der Waals surface area contributed by atoms with Crippen LogP contribution in [0.2, 0.25) is 5.02 Å². The van der Waals surface area contributed by atoms with Crippen molar-refractivity contribution in [3.05, 3.63) is 34.9 Å². The number of carbonyl (C=O) groups is 1. The van der Waals surface area contributed by atoms with Crippen LogP contribution < -0.4 is 10.6 Å². The zero-order chi connectivity index (χ0) is 15.3. The molecule has 0 bridgehead atoms. The summed E-state index contributed by atoms with van der Waals surface area (Å²) in [6.07, 6.45) is 1.61. The molecule has 1 atom stereocenters. The van der Waals surface area contributed by atoms with E-state index in [2.05, 4.69) is 10.6 Å². The summed E-state index contributed by atoms with van der Waals surface area (Å²) >= 11 is 5.90. The van der Waals surface area contributed by atoms with Crippen molar-refractivity contribution in [3.63, 3.8) is 0 Å². The van der Waals surface area contributed by atoms with Crippen molar-refractivity contribution in [3.8, 4) is 0 Å². The van der Waals surface area contributed by atoms with E-state index in [0.29, 0.717) is 11.6 Å². The highest BCUT2D eigenvalue weighted by atomic mass is 35.5. The Morgan fingerprint density at radius 3 is 2.57 bits per heavy atom. The summed E-state index contributed by atoms with van der Waals surface area (Å²) in [7, 11) is 1.65. The van der Waals surface area contributed by atoms with E-state index in [1.807, 2.05) is 31.2 Å². The summed E-state index contributed by atoms with van der Waals surface area (Å²) < 4.78 is 5.30. The average molecular weight is 311 g/mol. The van der Waals surface area contributed by atoms with Gasteiger partial charge in [0.2, 0.25) is 5.91 Å². The van der Waals surface area contributed by atoms with Crippen LogP contribution in [0.4, 0.5) is 0 Å². The van der Waals surface area contributed by atoms with Gasteiger partial charge in [-0.25, -0.2) is 0 Å². The number of hydrogen-bond acceptors (Lipinski definition) is 3. The van der Waals surface area contributed by atoms with E-state index in [0.717, 1.165) is 31.5 Å². The van der Waals surface area contributed by atoms with Crippen molar-refractivity contribution >= 4 is 17.5 Å². The molecule has 1 amide bonds. The van der Waals surface area contributed by atoms with Gasteiger partial charge < -0.3 is 15.4 Å². The number of piperidine rings is 1. The molecule has 2 rings (SSSR count). The second kappa shape index (κ2) is 7.25. The van der Waals surface area contributed by atoms with Crippen LogP contribution in [0.15, 0.2) is 24.3 Å². The topological polar surface area (TPSA) is 50.4 Å². The number of benzene rings is 1. The molecule has 1 aliphatic heterocycles. The molecular formula is C16H23ClN2O2. The third kappa shape index (κ3) is 3.96. The van der Waals surface area contributed by atoms with Crippen LogP contribution in [0.1, 0.15) is 31.4 Å². The highest BCUT2D eigenvalue weighted by Gasteiger charge is 2.40. The maximum absolute atomic E-state index is 12.7. The van der Waals surface area contributed by atoms with E-state index in [1.165, 1.54) is 0 Å². The molecule has 21 heavy (non-hydrogen) atoms. The third-order valence-electron chi connectivity index (χ3n) is 4.18. The Bertz CT molecular complexity index is 464. The SMILES string of the molecule is COCC1(C(=O)N[C@@H](C)c2ccc(Cl)cc2)CCNCC1. The third-order valence-corrected chi connectivity index (χ3v) is 4.43. The van der Waals surface area contributed by atoms with E-state index in [9.17, 15) is 4.79 Å².